The van der Waals surface area contributed by atoms with Gasteiger partial charge in [0, 0.05) is 18.1 Å². The van der Waals surface area contributed by atoms with Crippen LogP contribution in [0.25, 0.3) is 0 Å². The van der Waals surface area contributed by atoms with Crippen LogP contribution in [0.15, 0.2) is 0 Å². The first-order valence-electron chi connectivity index (χ1n) is 6.18. The smallest absolute Gasteiger partial charge is 0.0467 e. The number of alkyl halides is 1. The molecule has 90 valence electrons. The van der Waals surface area contributed by atoms with Gasteiger partial charge in [0.15, 0.2) is 0 Å². The van der Waals surface area contributed by atoms with E-state index in [4.69, 9.17) is 4.74 Å². The van der Waals surface area contributed by atoms with Crippen LogP contribution in [0.5, 0.6) is 0 Å². The molecule has 1 saturated carbocycles. The number of hydrogen-bond acceptors (Lipinski definition) is 1. The Hall–Kier alpha value is 0.690. The maximum Gasteiger partial charge on any atom is 0.0467 e. The summed E-state index contributed by atoms with van der Waals surface area (Å²) >= 11 is 2.57. The average Bonchev–Trinajstić information content (AvgIpc) is 2.27. The molecule has 0 aromatic carbocycles. The van der Waals surface area contributed by atoms with Crippen molar-refractivity contribution in [1.29, 1.82) is 0 Å². The van der Waals surface area contributed by atoms with Gasteiger partial charge in [0.2, 0.25) is 0 Å². The Morgan fingerprint density at radius 3 is 2.33 bits per heavy atom. The molecule has 0 radical (unpaired) electrons. The summed E-state index contributed by atoms with van der Waals surface area (Å²) < 4.78 is 6.55. The topological polar surface area (TPSA) is 9.23 Å². The number of rotatable bonds is 5. The lowest BCUT2D eigenvalue weighted by Crippen LogP contribution is -2.31. The van der Waals surface area contributed by atoms with Gasteiger partial charge in [-0.3, -0.25) is 0 Å². The second kappa shape index (κ2) is 6.43. The second-order valence-corrected chi connectivity index (χ2v) is 6.22. The molecule has 0 aromatic heterocycles. The Bertz CT molecular complexity index is 171. The maximum atomic E-state index is 5.24. The molecule has 1 fully saturated rings. The van der Waals surface area contributed by atoms with E-state index in [2.05, 4.69) is 36.4 Å². The van der Waals surface area contributed by atoms with Crippen LogP contribution in [-0.4, -0.2) is 18.1 Å². The van der Waals surface area contributed by atoms with Gasteiger partial charge < -0.3 is 4.74 Å². The van der Waals surface area contributed by atoms with E-state index < -0.39 is 0 Å². The molecular formula is C13H25IO. The molecule has 0 unspecified atom stereocenters. The number of ether oxygens (including phenoxy) is 1. The zero-order valence-electron chi connectivity index (χ0n) is 10.4. The molecule has 1 nitrogen and oxygen atoms in total. The van der Waals surface area contributed by atoms with Gasteiger partial charge in [0.25, 0.3) is 0 Å². The third-order valence-corrected chi connectivity index (χ3v) is 5.77. The highest BCUT2D eigenvalue weighted by atomic mass is 127. The van der Waals surface area contributed by atoms with Crippen LogP contribution >= 0.6 is 22.6 Å². The molecule has 0 saturated heterocycles. The van der Waals surface area contributed by atoms with Gasteiger partial charge in [0.1, 0.15) is 0 Å². The summed E-state index contributed by atoms with van der Waals surface area (Å²) in [4.78, 5) is 0. The minimum atomic E-state index is 0.599. The van der Waals surface area contributed by atoms with Crippen molar-refractivity contribution in [2.24, 2.45) is 17.3 Å². The number of methoxy groups -OCH3 is 1. The quantitative estimate of drug-likeness (QED) is 0.541. The maximum absolute atomic E-state index is 5.24. The first-order chi connectivity index (χ1) is 7.13. The standard InChI is InChI=1S/C13H25IO/c1-11(2)12-4-6-13(10-14,7-5-12)8-9-15-3/h11-12H,4-10H2,1-3H3. The normalized spacial score (nSPS) is 32.2. The molecule has 1 rings (SSSR count). The van der Waals surface area contributed by atoms with Crippen LogP contribution in [0.3, 0.4) is 0 Å². The summed E-state index contributed by atoms with van der Waals surface area (Å²) in [6.45, 7) is 5.68. The third kappa shape index (κ3) is 3.88. The van der Waals surface area contributed by atoms with Gasteiger partial charge in [-0.15, -0.1) is 0 Å². The van der Waals surface area contributed by atoms with Crippen molar-refractivity contribution in [3.63, 3.8) is 0 Å². The van der Waals surface area contributed by atoms with Crippen molar-refractivity contribution in [1.82, 2.24) is 0 Å². The van der Waals surface area contributed by atoms with E-state index in [1.807, 2.05) is 7.11 Å². The predicted molar refractivity (Wildman–Crippen MR) is 74.6 cm³/mol. The Morgan fingerprint density at radius 2 is 1.93 bits per heavy atom. The fourth-order valence-corrected chi connectivity index (χ4v) is 3.83. The Morgan fingerprint density at radius 1 is 1.33 bits per heavy atom. The molecule has 0 N–H and O–H groups in total. The summed E-state index contributed by atoms with van der Waals surface area (Å²) in [5, 5.41) is 0. The number of halogens is 1. The monoisotopic (exact) mass is 324 g/mol. The van der Waals surface area contributed by atoms with Gasteiger partial charge in [-0.25, -0.2) is 0 Å². The molecule has 0 aromatic rings. The first-order valence-corrected chi connectivity index (χ1v) is 7.71. The molecular weight excluding hydrogens is 299 g/mol. The van der Waals surface area contributed by atoms with E-state index in [9.17, 15) is 0 Å². The van der Waals surface area contributed by atoms with E-state index in [1.54, 1.807) is 0 Å². The van der Waals surface area contributed by atoms with Gasteiger partial charge in [-0.1, -0.05) is 36.4 Å². The van der Waals surface area contributed by atoms with Crippen LogP contribution in [0.4, 0.5) is 0 Å². The Kier molecular flexibility index (Phi) is 5.90. The van der Waals surface area contributed by atoms with E-state index >= 15 is 0 Å². The highest BCUT2D eigenvalue weighted by molar-refractivity contribution is 14.1. The molecule has 0 amide bonds. The van der Waals surface area contributed by atoms with E-state index in [-0.39, 0.29) is 0 Å². The van der Waals surface area contributed by atoms with Crippen LogP contribution in [0.2, 0.25) is 0 Å². The lowest BCUT2D eigenvalue weighted by molar-refractivity contribution is 0.0948. The molecule has 0 atom stereocenters. The number of hydrogen-bond donors (Lipinski definition) is 0. The lowest BCUT2D eigenvalue weighted by atomic mass is 9.68. The molecule has 1 aliphatic carbocycles. The van der Waals surface area contributed by atoms with E-state index in [1.165, 1.54) is 36.5 Å². The fraction of sp³-hybridized carbons (Fsp3) is 1.00. The fourth-order valence-electron chi connectivity index (χ4n) is 2.69. The van der Waals surface area contributed by atoms with Gasteiger partial charge in [-0.2, -0.15) is 0 Å². The summed E-state index contributed by atoms with van der Waals surface area (Å²) in [5.74, 6) is 1.85. The highest BCUT2D eigenvalue weighted by Crippen LogP contribution is 2.44. The molecule has 0 heterocycles. The van der Waals surface area contributed by atoms with Crippen LogP contribution in [0, 0.1) is 17.3 Å². The zero-order valence-corrected chi connectivity index (χ0v) is 12.5. The molecule has 0 bridgehead atoms. The van der Waals surface area contributed by atoms with E-state index in [0.717, 1.165) is 18.4 Å². The van der Waals surface area contributed by atoms with E-state index in [0.29, 0.717) is 5.41 Å². The van der Waals surface area contributed by atoms with Gasteiger partial charge in [-0.05, 0) is 49.4 Å². The van der Waals surface area contributed by atoms with Crippen LogP contribution in [0.1, 0.15) is 46.0 Å². The molecule has 2 heteroatoms. The Labute approximate surface area is 108 Å². The van der Waals surface area contributed by atoms with Gasteiger partial charge in [0.05, 0.1) is 0 Å². The van der Waals surface area contributed by atoms with Crippen molar-refractivity contribution in [3.8, 4) is 0 Å². The molecule has 0 aliphatic heterocycles. The largest absolute Gasteiger partial charge is 0.385 e. The highest BCUT2D eigenvalue weighted by Gasteiger charge is 2.34. The average molecular weight is 324 g/mol. The zero-order chi connectivity index (χ0) is 11.3. The summed E-state index contributed by atoms with van der Waals surface area (Å²) in [6, 6.07) is 0. The minimum absolute atomic E-state index is 0.599. The summed E-state index contributed by atoms with van der Waals surface area (Å²) in [6.07, 6.45) is 6.97. The molecule has 15 heavy (non-hydrogen) atoms. The summed E-state index contributed by atoms with van der Waals surface area (Å²) in [7, 11) is 1.82. The van der Waals surface area contributed by atoms with Crippen molar-refractivity contribution in [3.05, 3.63) is 0 Å². The second-order valence-electron chi connectivity index (χ2n) is 5.46. The van der Waals surface area contributed by atoms with Crippen LogP contribution < -0.4 is 0 Å². The van der Waals surface area contributed by atoms with Gasteiger partial charge >= 0.3 is 0 Å². The Balaban J connectivity index is 2.43. The van der Waals surface area contributed by atoms with Crippen molar-refractivity contribution in [2.45, 2.75) is 46.0 Å². The third-order valence-electron chi connectivity index (χ3n) is 4.15. The first kappa shape index (κ1) is 13.8. The predicted octanol–water partition coefficient (Wildman–Crippen LogP) is 4.29. The minimum Gasteiger partial charge on any atom is -0.385 e. The summed E-state index contributed by atoms with van der Waals surface area (Å²) in [5.41, 5.74) is 0.599. The van der Waals surface area contributed by atoms with Crippen LogP contribution in [-0.2, 0) is 4.74 Å². The molecule has 0 spiro atoms. The molecule has 1 aliphatic rings. The van der Waals surface area contributed by atoms with Crippen molar-refractivity contribution < 1.29 is 4.74 Å². The SMILES string of the molecule is COCCC1(CI)CCC(C(C)C)CC1. The lowest BCUT2D eigenvalue weighted by Gasteiger charge is -2.40. The van der Waals surface area contributed by atoms with Crippen molar-refractivity contribution >= 4 is 22.6 Å². The van der Waals surface area contributed by atoms with Crippen molar-refractivity contribution in [2.75, 3.05) is 18.1 Å².